The summed E-state index contributed by atoms with van der Waals surface area (Å²) in [7, 11) is -3.70. The summed E-state index contributed by atoms with van der Waals surface area (Å²) in [4.78, 5) is 24.7. The third kappa shape index (κ3) is 4.96. The van der Waals surface area contributed by atoms with Gasteiger partial charge in [-0.15, -0.1) is 0 Å². The van der Waals surface area contributed by atoms with Gasteiger partial charge >= 0.3 is 0 Å². The topological polar surface area (TPSA) is 113 Å². The lowest BCUT2D eigenvalue weighted by Crippen LogP contribution is -2.50. The molecule has 0 aromatic heterocycles. The van der Waals surface area contributed by atoms with Crippen LogP contribution in [-0.2, 0) is 14.8 Å². The summed E-state index contributed by atoms with van der Waals surface area (Å²) < 4.78 is 26.9. The van der Waals surface area contributed by atoms with E-state index in [9.17, 15) is 23.3 Å². The maximum Gasteiger partial charge on any atom is 0.271 e. The molecule has 0 saturated carbocycles. The molecule has 1 aliphatic heterocycles. The minimum atomic E-state index is -3.70. The molecular weight excluding hydrogens is 432 g/mol. The van der Waals surface area contributed by atoms with Gasteiger partial charge in [0.2, 0.25) is 15.9 Å². The van der Waals surface area contributed by atoms with Crippen molar-refractivity contribution in [3.8, 4) is 0 Å². The van der Waals surface area contributed by atoms with Gasteiger partial charge in [-0.25, -0.2) is 8.42 Å². The maximum atomic E-state index is 12.8. The minimum Gasteiger partial charge on any atom is -0.324 e. The highest BCUT2D eigenvalue weighted by Crippen LogP contribution is 2.25. The van der Waals surface area contributed by atoms with Gasteiger partial charge in [-0.05, 0) is 24.6 Å². The number of carbonyl (C=O) groups excluding carboxylic acids is 1. The first kappa shape index (κ1) is 22.2. The first-order valence-electron chi connectivity index (χ1n) is 9.20. The number of nitrogens with one attached hydrogen (secondary N) is 1. The van der Waals surface area contributed by atoms with Crippen LogP contribution >= 0.6 is 11.6 Å². The summed E-state index contributed by atoms with van der Waals surface area (Å²) >= 11 is 6.03. The number of piperazine rings is 1. The number of aryl methyl sites for hydroxylation is 1. The summed E-state index contributed by atoms with van der Waals surface area (Å²) in [5.74, 6) is -0.319. The molecule has 0 bridgehead atoms. The Hall–Kier alpha value is -2.53. The Labute approximate surface area is 179 Å². The third-order valence-electron chi connectivity index (χ3n) is 4.86. The second kappa shape index (κ2) is 9.09. The van der Waals surface area contributed by atoms with Gasteiger partial charge in [0.25, 0.3) is 5.69 Å². The Morgan fingerprint density at radius 1 is 1.17 bits per heavy atom. The Morgan fingerprint density at radius 2 is 1.83 bits per heavy atom. The summed E-state index contributed by atoms with van der Waals surface area (Å²) in [5, 5.41) is 13.8. The van der Waals surface area contributed by atoms with Crippen LogP contribution in [0, 0.1) is 17.0 Å². The number of rotatable bonds is 6. The number of sulfonamides is 1. The van der Waals surface area contributed by atoms with E-state index >= 15 is 0 Å². The van der Waals surface area contributed by atoms with Crippen LogP contribution in [0.25, 0.3) is 0 Å². The van der Waals surface area contributed by atoms with Crippen molar-refractivity contribution in [1.82, 2.24) is 9.21 Å². The van der Waals surface area contributed by atoms with Crippen LogP contribution in [0.4, 0.5) is 11.4 Å². The van der Waals surface area contributed by atoms with Crippen LogP contribution in [0.15, 0.2) is 47.4 Å². The van der Waals surface area contributed by atoms with Crippen molar-refractivity contribution < 1.29 is 18.1 Å². The fourth-order valence-corrected chi connectivity index (χ4v) is 5.09. The van der Waals surface area contributed by atoms with Crippen LogP contribution in [0.2, 0.25) is 5.02 Å². The van der Waals surface area contributed by atoms with Crippen molar-refractivity contribution in [3.05, 3.63) is 63.2 Å². The molecule has 0 radical (unpaired) electrons. The number of non-ortho nitro benzene ring substituents is 1. The number of nitro benzene ring substituents is 1. The van der Waals surface area contributed by atoms with Crippen LogP contribution in [-0.4, -0.2) is 61.2 Å². The van der Waals surface area contributed by atoms with Crippen molar-refractivity contribution in [3.63, 3.8) is 0 Å². The number of carbonyl (C=O) groups is 1. The molecule has 1 aliphatic rings. The molecule has 0 atom stereocenters. The molecular formula is C19H21ClN4O5S. The molecule has 1 saturated heterocycles. The Balaban J connectivity index is 1.59. The molecule has 11 heteroatoms. The van der Waals surface area contributed by atoms with Crippen molar-refractivity contribution >= 4 is 38.9 Å². The van der Waals surface area contributed by atoms with Crippen molar-refractivity contribution in [2.45, 2.75) is 11.8 Å². The standard InChI is InChI=1S/C19H21ClN4O5S/c1-14-6-7-15(24(26)27)12-17(14)21-19(25)13-22-8-10-23(11-9-22)30(28,29)18-5-3-2-4-16(18)20/h2-7,12H,8-11,13H2,1H3,(H,21,25). The van der Waals surface area contributed by atoms with Crippen LogP contribution in [0.3, 0.4) is 0 Å². The summed E-state index contributed by atoms with van der Waals surface area (Å²) in [6, 6.07) is 10.6. The predicted octanol–water partition coefficient (Wildman–Crippen LogP) is 2.50. The van der Waals surface area contributed by atoms with E-state index in [1.54, 1.807) is 25.1 Å². The number of halogens is 1. The number of nitro groups is 1. The summed E-state index contributed by atoms with van der Waals surface area (Å²) in [6.07, 6.45) is 0. The highest BCUT2D eigenvalue weighted by Gasteiger charge is 2.30. The van der Waals surface area contributed by atoms with E-state index in [1.165, 1.54) is 28.6 Å². The van der Waals surface area contributed by atoms with Crippen molar-refractivity contribution in [2.24, 2.45) is 0 Å². The molecule has 30 heavy (non-hydrogen) atoms. The van der Waals surface area contributed by atoms with Gasteiger partial charge < -0.3 is 5.32 Å². The highest BCUT2D eigenvalue weighted by atomic mass is 35.5. The lowest BCUT2D eigenvalue weighted by atomic mass is 10.2. The zero-order valence-corrected chi connectivity index (χ0v) is 17.8. The molecule has 1 heterocycles. The zero-order chi connectivity index (χ0) is 21.9. The number of hydrogen-bond acceptors (Lipinski definition) is 6. The van der Waals surface area contributed by atoms with Crippen LogP contribution in [0.1, 0.15) is 5.56 Å². The van der Waals surface area contributed by atoms with Gasteiger partial charge in [0.05, 0.1) is 22.2 Å². The first-order valence-corrected chi connectivity index (χ1v) is 11.0. The van der Waals surface area contributed by atoms with Crippen LogP contribution < -0.4 is 5.32 Å². The van der Waals surface area contributed by atoms with Gasteiger partial charge in [0, 0.05) is 38.3 Å². The predicted molar refractivity (Wildman–Crippen MR) is 113 cm³/mol. The SMILES string of the molecule is Cc1ccc([N+](=O)[O-])cc1NC(=O)CN1CCN(S(=O)(=O)c2ccccc2Cl)CC1. The average molecular weight is 453 g/mol. The fourth-order valence-electron chi connectivity index (χ4n) is 3.17. The maximum absolute atomic E-state index is 12.8. The van der Waals surface area contributed by atoms with Gasteiger partial charge in [0.15, 0.2) is 0 Å². The number of benzene rings is 2. The Bertz CT molecular complexity index is 1070. The smallest absolute Gasteiger partial charge is 0.271 e. The normalized spacial score (nSPS) is 15.7. The van der Waals surface area contributed by atoms with E-state index in [2.05, 4.69) is 5.32 Å². The molecule has 3 rings (SSSR count). The zero-order valence-electron chi connectivity index (χ0n) is 16.2. The molecule has 0 spiro atoms. The first-order chi connectivity index (χ1) is 14.2. The van der Waals surface area contributed by atoms with Crippen molar-refractivity contribution in [2.75, 3.05) is 38.0 Å². The van der Waals surface area contributed by atoms with E-state index in [0.717, 1.165) is 0 Å². The molecule has 1 fully saturated rings. The van der Waals surface area contributed by atoms with Crippen LogP contribution in [0.5, 0.6) is 0 Å². The van der Waals surface area contributed by atoms with E-state index < -0.39 is 14.9 Å². The summed E-state index contributed by atoms with van der Waals surface area (Å²) in [6.45, 7) is 3.03. The second-order valence-electron chi connectivity index (χ2n) is 6.92. The molecule has 2 aromatic carbocycles. The van der Waals surface area contributed by atoms with Crippen molar-refractivity contribution in [1.29, 1.82) is 0 Å². The molecule has 0 unspecified atom stereocenters. The molecule has 1 N–H and O–H groups in total. The van der Waals surface area contributed by atoms with E-state index in [1.807, 2.05) is 4.90 Å². The molecule has 2 aromatic rings. The number of amides is 1. The molecule has 1 amide bonds. The molecule has 160 valence electrons. The van der Waals surface area contributed by atoms with Gasteiger partial charge in [-0.1, -0.05) is 29.8 Å². The lowest BCUT2D eigenvalue weighted by Gasteiger charge is -2.33. The lowest BCUT2D eigenvalue weighted by molar-refractivity contribution is -0.384. The number of hydrogen-bond donors (Lipinski definition) is 1. The quantitative estimate of drug-likeness (QED) is 0.532. The largest absolute Gasteiger partial charge is 0.324 e. The second-order valence-corrected chi connectivity index (χ2v) is 9.23. The van der Waals surface area contributed by atoms with Gasteiger partial charge in [-0.2, -0.15) is 4.31 Å². The van der Waals surface area contributed by atoms with E-state index in [-0.39, 0.29) is 41.1 Å². The van der Waals surface area contributed by atoms with E-state index in [0.29, 0.717) is 24.3 Å². The van der Waals surface area contributed by atoms with Gasteiger partial charge in [-0.3, -0.25) is 19.8 Å². The minimum absolute atomic E-state index is 0.0577. The Morgan fingerprint density at radius 3 is 2.47 bits per heavy atom. The van der Waals surface area contributed by atoms with Gasteiger partial charge in [0.1, 0.15) is 4.90 Å². The monoisotopic (exact) mass is 452 g/mol. The fraction of sp³-hybridized carbons (Fsp3) is 0.316. The average Bonchev–Trinajstić information content (AvgIpc) is 2.70. The number of anilines is 1. The highest BCUT2D eigenvalue weighted by molar-refractivity contribution is 7.89. The Kier molecular flexibility index (Phi) is 6.71. The molecule has 0 aliphatic carbocycles. The third-order valence-corrected chi connectivity index (χ3v) is 7.26. The summed E-state index contributed by atoms with van der Waals surface area (Å²) in [5.41, 5.74) is 0.994. The molecule has 9 nitrogen and oxygen atoms in total. The number of nitrogens with zero attached hydrogens (tertiary/aromatic N) is 3. The van der Waals surface area contributed by atoms with E-state index in [4.69, 9.17) is 11.6 Å².